The first-order chi connectivity index (χ1) is 13.7. The quantitative estimate of drug-likeness (QED) is 0.460. The van der Waals surface area contributed by atoms with Gasteiger partial charge in [0.1, 0.15) is 11.4 Å². The molecule has 0 spiro atoms. The number of nitrogens with one attached hydrogen (secondary N) is 2. The first-order valence-electron chi connectivity index (χ1n) is 9.13. The molecule has 0 aliphatic carbocycles. The normalized spacial score (nSPS) is 11.2. The van der Waals surface area contributed by atoms with E-state index in [0.717, 1.165) is 21.5 Å². The standard InChI is InChI=1S/C21H21N3O3S/c1-3-27-11-10-22-21(25)14-8-9-15-18(20(14)26-2)19(24-23-15)17-12-13-6-4-5-7-16(13)28-17/h4-9,12H,3,10-11H2,1-2H3,(H,22,25)(H,23,24). The van der Waals surface area contributed by atoms with Gasteiger partial charge in [-0.05, 0) is 36.6 Å². The summed E-state index contributed by atoms with van der Waals surface area (Å²) in [5, 5.41) is 12.4. The molecule has 0 aliphatic heterocycles. The zero-order chi connectivity index (χ0) is 19.5. The second-order valence-corrected chi connectivity index (χ2v) is 7.33. The number of ether oxygens (including phenoxy) is 2. The van der Waals surface area contributed by atoms with Crippen LogP contribution in [0.15, 0.2) is 42.5 Å². The van der Waals surface area contributed by atoms with E-state index in [1.54, 1.807) is 24.5 Å². The lowest BCUT2D eigenvalue weighted by atomic mass is 10.1. The molecule has 4 rings (SSSR count). The molecule has 2 aromatic carbocycles. The van der Waals surface area contributed by atoms with Crippen molar-refractivity contribution < 1.29 is 14.3 Å². The molecule has 0 saturated heterocycles. The molecule has 0 fully saturated rings. The van der Waals surface area contributed by atoms with Crippen LogP contribution >= 0.6 is 11.3 Å². The molecule has 1 amide bonds. The molecule has 0 bridgehead atoms. The van der Waals surface area contributed by atoms with E-state index in [4.69, 9.17) is 9.47 Å². The number of methoxy groups -OCH3 is 1. The number of aromatic nitrogens is 2. The van der Waals surface area contributed by atoms with Gasteiger partial charge >= 0.3 is 0 Å². The third-order valence-electron chi connectivity index (χ3n) is 4.53. The summed E-state index contributed by atoms with van der Waals surface area (Å²) in [5.74, 6) is 0.328. The Hall–Kier alpha value is -2.90. The smallest absolute Gasteiger partial charge is 0.255 e. The van der Waals surface area contributed by atoms with Gasteiger partial charge in [0, 0.05) is 17.9 Å². The van der Waals surface area contributed by atoms with Crippen LogP contribution in [0.5, 0.6) is 5.75 Å². The number of carbonyl (C=O) groups excluding carboxylic acids is 1. The molecule has 2 N–H and O–H groups in total. The fourth-order valence-corrected chi connectivity index (χ4v) is 4.29. The van der Waals surface area contributed by atoms with Crippen molar-refractivity contribution in [3.05, 3.63) is 48.0 Å². The maximum absolute atomic E-state index is 12.7. The highest BCUT2D eigenvalue weighted by atomic mass is 32.1. The highest BCUT2D eigenvalue weighted by molar-refractivity contribution is 7.22. The predicted molar refractivity (Wildman–Crippen MR) is 112 cm³/mol. The average Bonchev–Trinajstić information content (AvgIpc) is 3.33. The molecule has 4 aromatic rings. The maximum atomic E-state index is 12.7. The second-order valence-electron chi connectivity index (χ2n) is 6.24. The largest absolute Gasteiger partial charge is 0.495 e. The van der Waals surface area contributed by atoms with Gasteiger partial charge in [-0.2, -0.15) is 5.10 Å². The number of thiophene rings is 1. The van der Waals surface area contributed by atoms with Crippen molar-refractivity contribution in [1.82, 2.24) is 15.5 Å². The van der Waals surface area contributed by atoms with Crippen molar-refractivity contribution in [2.45, 2.75) is 6.92 Å². The second kappa shape index (κ2) is 8.00. The van der Waals surface area contributed by atoms with Crippen molar-refractivity contribution in [2.75, 3.05) is 26.9 Å². The number of carbonyl (C=O) groups is 1. The van der Waals surface area contributed by atoms with E-state index < -0.39 is 0 Å². The summed E-state index contributed by atoms with van der Waals surface area (Å²) in [6.07, 6.45) is 0. The van der Waals surface area contributed by atoms with Gasteiger partial charge < -0.3 is 14.8 Å². The van der Waals surface area contributed by atoms with Crippen molar-refractivity contribution in [2.24, 2.45) is 0 Å². The monoisotopic (exact) mass is 395 g/mol. The molecule has 2 aromatic heterocycles. The zero-order valence-corrected chi connectivity index (χ0v) is 16.6. The SMILES string of the molecule is CCOCCNC(=O)c1ccc2[nH]nc(-c3cc4ccccc4s3)c2c1OC. The van der Waals surface area contributed by atoms with Gasteiger partial charge in [-0.25, -0.2) is 0 Å². The van der Waals surface area contributed by atoms with Crippen LogP contribution in [0, 0.1) is 0 Å². The fourth-order valence-electron chi connectivity index (χ4n) is 3.23. The van der Waals surface area contributed by atoms with E-state index in [1.807, 2.05) is 25.1 Å². The molecule has 0 aliphatic rings. The molecular weight excluding hydrogens is 374 g/mol. The Kier molecular flexibility index (Phi) is 5.27. The van der Waals surface area contributed by atoms with Gasteiger partial charge in [0.15, 0.2) is 0 Å². The minimum atomic E-state index is -0.193. The number of hydrogen-bond acceptors (Lipinski definition) is 5. The van der Waals surface area contributed by atoms with Gasteiger partial charge in [-0.3, -0.25) is 9.89 Å². The summed E-state index contributed by atoms with van der Waals surface area (Å²) in [7, 11) is 1.58. The molecule has 144 valence electrons. The van der Waals surface area contributed by atoms with Crippen LogP contribution in [0.2, 0.25) is 0 Å². The topological polar surface area (TPSA) is 76.2 Å². The fraction of sp³-hybridized carbons (Fsp3) is 0.238. The van der Waals surface area contributed by atoms with Gasteiger partial charge in [0.05, 0.1) is 35.1 Å². The first-order valence-corrected chi connectivity index (χ1v) is 9.94. The average molecular weight is 395 g/mol. The molecule has 0 saturated carbocycles. The van der Waals surface area contributed by atoms with Crippen molar-refractivity contribution in [3.8, 4) is 16.3 Å². The minimum Gasteiger partial charge on any atom is -0.495 e. The number of aromatic amines is 1. The molecule has 0 atom stereocenters. The van der Waals surface area contributed by atoms with Gasteiger partial charge in [-0.1, -0.05) is 18.2 Å². The highest BCUT2D eigenvalue weighted by Gasteiger charge is 2.21. The lowest BCUT2D eigenvalue weighted by Crippen LogP contribution is -2.27. The third kappa shape index (κ3) is 3.34. The lowest BCUT2D eigenvalue weighted by Gasteiger charge is -2.11. The number of rotatable bonds is 7. The van der Waals surface area contributed by atoms with E-state index in [2.05, 4.69) is 33.7 Å². The van der Waals surface area contributed by atoms with E-state index in [-0.39, 0.29) is 5.91 Å². The van der Waals surface area contributed by atoms with Crippen LogP contribution in [0.1, 0.15) is 17.3 Å². The Labute approximate surface area is 166 Å². The van der Waals surface area contributed by atoms with Crippen LogP contribution in [0.4, 0.5) is 0 Å². The molecule has 0 radical (unpaired) electrons. The summed E-state index contributed by atoms with van der Waals surface area (Å²) in [6, 6.07) is 13.9. The zero-order valence-electron chi connectivity index (χ0n) is 15.7. The summed E-state index contributed by atoms with van der Waals surface area (Å²) >= 11 is 1.67. The van der Waals surface area contributed by atoms with E-state index in [1.165, 1.54) is 10.1 Å². The van der Waals surface area contributed by atoms with Crippen LogP contribution in [0.25, 0.3) is 31.6 Å². The highest BCUT2D eigenvalue weighted by Crippen LogP contribution is 2.40. The molecule has 0 unspecified atom stereocenters. The first kappa shape index (κ1) is 18.5. The van der Waals surface area contributed by atoms with Gasteiger partial charge in [-0.15, -0.1) is 11.3 Å². The van der Waals surface area contributed by atoms with E-state index in [0.29, 0.717) is 31.1 Å². The Morgan fingerprint density at radius 2 is 2.11 bits per heavy atom. The van der Waals surface area contributed by atoms with Gasteiger partial charge in [0.2, 0.25) is 0 Å². The third-order valence-corrected chi connectivity index (χ3v) is 5.65. The molecular formula is C21H21N3O3S. The summed E-state index contributed by atoms with van der Waals surface area (Å²) in [6.45, 7) is 3.47. The number of amides is 1. The van der Waals surface area contributed by atoms with E-state index >= 15 is 0 Å². The van der Waals surface area contributed by atoms with Crippen LogP contribution < -0.4 is 10.1 Å². The van der Waals surface area contributed by atoms with Crippen LogP contribution in [-0.2, 0) is 4.74 Å². The number of hydrogen-bond donors (Lipinski definition) is 2. The maximum Gasteiger partial charge on any atom is 0.255 e. The van der Waals surface area contributed by atoms with Gasteiger partial charge in [0.25, 0.3) is 5.91 Å². The van der Waals surface area contributed by atoms with Crippen LogP contribution in [0.3, 0.4) is 0 Å². The minimum absolute atomic E-state index is 0.193. The number of nitrogens with zero attached hydrogens (tertiary/aromatic N) is 1. The van der Waals surface area contributed by atoms with Crippen molar-refractivity contribution in [3.63, 3.8) is 0 Å². The Morgan fingerprint density at radius 3 is 2.89 bits per heavy atom. The van der Waals surface area contributed by atoms with Crippen molar-refractivity contribution >= 4 is 38.2 Å². The van der Waals surface area contributed by atoms with Crippen molar-refractivity contribution in [1.29, 1.82) is 0 Å². The van der Waals surface area contributed by atoms with E-state index in [9.17, 15) is 4.79 Å². The Bertz CT molecular complexity index is 1100. The number of benzene rings is 2. The molecule has 7 heteroatoms. The number of fused-ring (bicyclic) bond motifs is 2. The molecule has 28 heavy (non-hydrogen) atoms. The Balaban J connectivity index is 1.76. The molecule has 2 heterocycles. The summed E-state index contributed by atoms with van der Waals surface area (Å²) in [5.41, 5.74) is 2.10. The number of H-pyrrole nitrogens is 1. The molecule has 6 nitrogen and oxygen atoms in total. The lowest BCUT2D eigenvalue weighted by molar-refractivity contribution is 0.0920. The Morgan fingerprint density at radius 1 is 1.25 bits per heavy atom. The van der Waals surface area contributed by atoms with Crippen LogP contribution in [-0.4, -0.2) is 43.0 Å². The summed E-state index contributed by atoms with van der Waals surface area (Å²) in [4.78, 5) is 13.7. The summed E-state index contributed by atoms with van der Waals surface area (Å²) < 4.78 is 12.1. The predicted octanol–water partition coefficient (Wildman–Crippen LogP) is 4.22.